The Morgan fingerprint density at radius 3 is 2.72 bits per heavy atom. The van der Waals surface area contributed by atoms with Gasteiger partial charge in [-0.2, -0.15) is 28.2 Å². The maximum atomic E-state index is 12.5. The molecule has 0 fully saturated rings. The van der Waals surface area contributed by atoms with Crippen LogP contribution in [0.3, 0.4) is 0 Å². The average molecular weight is 280 g/mol. The molecule has 2 aromatic heterocycles. The Bertz CT molecular complexity index is 553. The van der Waals surface area contributed by atoms with Gasteiger partial charge < -0.3 is 4.90 Å². The van der Waals surface area contributed by atoms with E-state index in [9.17, 15) is 13.2 Å². The second kappa shape index (κ2) is 4.60. The maximum absolute atomic E-state index is 12.5. The lowest BCUT2D eigenvalue weighted by atomic mass is 10.3. The van der Waals surface area contributed by atoms with Gasteiger partial charge >= 0.3 is 6.18 Å². The molecule has 5 nitrogen and oxygen atoms in total. The first-order valence-electron chi connectivity index (χ1n) is 5.09. The van der Waals surface area contributed by atoms with Crippen LogP contribution in [0.4, 0.5) is 19.0 Å². The average Bonchev–Trinajstić information content (AvgIpc) is 2.71. The lowest BCUT2D eigenvalue weighted by molar-refractivity contribution is -0.119. The second-order valence-electron chi connectivity index (χ2n) is 3.58. The quantitative estimate of drug-likeness (QED) is 0.877. The highest BCUT2D eigenvalue weighted by Gasteiger charge is 2.31. The Labute approximate surface area is 105 Å². The van der Waals surface area contributed by atoms with Crippen molar-refractivity contribution < 1.29 is 13.2 Å². The number of hydrogen-bond acceptors (Lipinski definition) is 4. The summed E-state index contributed by atoms with van der Waals surface area (Å²) in [6.07, 6.45) is -2.94. The monoisotopic (exact) mass is 279 g/mol. The van der Waals surface area contributed by atoms with Gasteiger partial charge in [0.1, 0.15) is 12.4 Å². The summed E-state index contributed by atoms with van der Waals surface area (Å²) in [5.74, 6) is 0.124. The Hall–Kier alpha value is -1.57. The summed E-state index contributed by atoms with van der Waals surface area (Å²) in [4.78, 5) is 8.76. The van der Waals surface area contributed by atoms with E-state index in [2.05, 4.69) is 20.2 Å². The van der Waals surface area contributed by atoms with Crippen molar-refractivity contribution in [2.75, 3.05) is 18.0 Å². The molecule has 0 saturated heterocycles. The molecule has 0 aromatic carbocycles. The van der Waals surface area contributed by atoms with E-state index >= 15 is 0 Å². The molecular formula is C9H9ClF3N5. The van der Waals surface area contributed by atoms with Crippen LogP contribution in [0, 0.1) is 0 Å². The van der Waals surface area contributed by atoms with Gasteiger partial charge in [-0.25, -0.2) is 0 Å². The molecule has 0 saturated carbocycles. The van der Waals surface area contributed by atoms with Crippen LogP contribution in [0.25, 0.3) is 11.0 Å². The van der Waals surface area contributed by atoms with Crippen LogP contribution < -0.4 is 4.90 Å². The smallest absolute Gasteiger partial charge is 0.347 e. The van der Waals surface area contributed by atoms with Crippen molar-refractivity contribution in [1.29, 1.82) is 0 Å². The number of hydrogen-bond donors (Lipinski definition) is 1. The summed E-state index contributed by atoms with van der Waals surface area (Å²) in [6, 6.07) is 0. The molecule has 0 aliphatic carbocycles. The van der Waals surface area contributed by atoms with Crippen molar-refractivity contribution in [3.63, 3.8) is 0 Å². The van der Waals surface area contributed by atoms with Gasteiger partial charge in [0.05, 0.1) is 11.6 Å². The number of aromatic nitrogens is 4. The van der Waals surface area contributed by atoms with E-state index in [0.29, 0.717) is 11.0 Å². The van der Waals surface area contributed by atoms with Crippen LogP contribution in [0.1, 0.15) is 6.92 Å². The lowest BCUT2D eigenvalue weighted by Gasteiger charge is -2.23. The Morgan fingerprint density at radius 2 is 2.11 bits per heavy atom. The normalized spacial score (nSPS) is 12.1. The van der Waals surface area contributed by atoms with Gasteiger partial charge in [-0.15, -0.1) is 0 Å². The van der Waals surface area contributed by atoms with Crippen molar-refractivity contribution in [3.05, 3.63) is 11.5 Å². The number of aromatic amines is 1. The molecule has 0 radical (unpaired) electrons. The molecule has 0 bridgehead atoms. The number of H-pyrrole nitrogens is 1. The summed E-state index contributed by atoms with van der Waals surface area (Å²) >= 11 is 5.68. The molecule has 0 aliphatic rings. The van der Waals surface area contributed by atoms with Crippen LogP contribution in [0.2, 0.25) is 5.28 Å². The van der Waals surface area contributed by atoms with E-state index in [-0.39, 0.29) is 17.6 Å². The predicted molar refractivity (Wildman–Crippen MR) is 60.6 cm³/mol. The predicted octanol–water partition coefficient (Wildman–Crippen LogP) is 2.39. The van der Waals surface area contributed by atoms with Crippen molar-refractivity contribution in [2.45, 2.75) is 13.1 Å². The summed E-state index contributed by atoms with van der Waals surface area (Å²) < 4.78 is 37.4. The van der Waals surface area contributed by atoms with Gasteiger partial charge in [0.2, 0.25) is 5.28 Å². The van der Waals surface area contributed by atoms with Crippen molar-refractivity contribution in [3.8, 4) is 0 Å². The number of fused-ring (bicyclic) bond motifs is 1. The van der Waals surface area contributed by atoms with Crippen molar-refractivity contribution >= 4 is 28.5 Å². The molecule has 18 heavy (non-hydrogen) atoms. The third-order valence-electron chi connectivity index (χ3n) is 2.31. The van der Waals surface area contributed by atoms with Gasteiger partial charge in [-0.3, -0.25) is 5.10 Å². The molecule has 0 aliphatic heterocycles. The standard InChI is InChI=1S/C9H9ClF3N5/c1-2-18(4-9(11,12)13)7-5-3-14-17-6(5)15-8(10)16-7/h3H,2,4H2,1H3,(H,14,15,16,17). The number of anilines is 1. The third kappa shape index (κ3) is 2.63. The SMILES string of the molecule is CCN(CC(F)(F)F)c1nc(Cl)nc2[nH]ncc12. The fraction of sp³-hybridized carbons (Fsp3) is 0.444. The van der Waals surface area contributed by atoms with Crippen LogP contribution in [0.5, 0.6) is 0 Å². The maximum Gasteiger partial charge on any atom is 0.405 e. The number of halogens is 4. The highest BCUT2D eigenvalue weighted by Crippen LogP contribution is 2.26. The van der Waals surface area contributed by atoms with E-state index in [1.807, 2.05) is 0 Å². The Kier molecular flexibility index (Phi) is 3.29. The van der Waals surface area contributed by atoms with Crippen molar-refractivity contribution in [1.82, 2.24) is 20.2 Å². The summed E-state index contributed by atoms with van der Waals surface area (Å²) in [6.45, 7) is 0.651. The van der Waals surface area contributed by atoms with Crippen LogP contribution in [-0.4, -0.2) is 39.4 Å². The first kappa shape index (κ1) is 12.9. The molecule has 0 unspecified atom stereocenters. The lowest BCUT2D eigenvalue weighted by Crippen LogP contribution is -2.34. The second-order valence-corrected chi connectivity index (χ2v) is 3.92. The molecule has 98 valence electrons. The molecule has 2 rings (SSSR count). The summed E-state index contributed by atoms with van der Waals surface area (Å²) in [7, 11) is 0. The van der Waals surface area contributed by atoms with E-state index < -0.39 is 12.7 Å². The first-order valence-corrected chi connectivity index (χ1v) is 5.47. The number of rotatable bonds is 3. The van der Waals surface area contributed by atoms with Gasteiger partial charge in [0.25, 0.3) is 0 Å². The number of nitrogens with one attached hydrogen (secondary N) is 1. The zero-order valence-electron chi connectivity index (χ0n) is 9.29. The van der Waals surface area contributed by atoms with E-state index in [1.54, 1.807) is 6.92 Å². The molecule has 1 N–H and O–H groups in total. The fourth-order valence-electron chi connectivity index (χ4n) is 1.59. The molecule has 2 aromatic rings. The zero-order chi connectivity index (χ0) is 13.3. The highest BCUT2D eigenvalue weighted by atomic mass is 35.5. The van der Waals surface area contributed by atoms with Crippen LogP contribution in [0.15, 0.2) is 6.20 Å². The van der Waals surface area contributed by atoms with Gasteiger partial charge in [0, 0.05) is 6.54 Å². The highest BCUT2D eigenvalue weighted by molar-refractivity contribution is 6.28. The Morgan fingerprint density at radius 1 is 1.39 bits per heavy atom. The zero-order valence-corrected chi connectivity index (χ0v) is 10.0. The molecule has 0 atom stereocenters. The van der Waals surface area contributed by atoms with Crippen LogP contribution >= 0.6 is 11.6 Å². The minimum absolute atomic E-state index is 0.123. The minimum Gasteiger partial charge on any atom is -0.347 e. The topological polar surface area (TPSA) is 57.7 Å². The van der Waals surface area contributed by atoms with E-state index in [0.717, 1.165) is 4.90 Å². The summed E-state index contributed by atoms with van der Waals surface area (Å²) in [5.41, 5.74) is 0.311. The fourth-order valence-corrected chi connectivity index (χ4v) is 1.75. The van der Waals surface area contributed by atoms with E-state index in [1.165, 1.54) is 6.20 Å². The largest absolute Gasteiger partial charge is 0.405 e. The van der Waals surface area contributed by atoms with Crippen LogP contribution in [-0.2, 0) is 0 Å². The number of nitrogens with zero attached hydrogens (tertiary/aromatic N) is 4. The molecule has 0 spiro atoms. The van der Waals surface area contributed by atoms with Gasteiger partial charge in [-0.1, -0.05) is 0 Å². The molecule has 9 heteroatoms. The first-order chi connectivity index (χ1) is 8.40. The third-order valence-corrected chi connectivity index (χ3v) is 2.48. The molecule has 0 amide bonds. The molecular weight excluding hydrogens is 271 g/mol. The van der Waals surface area contributed by atoms with Gasteiger partial charge in [-0.05, 0) is 18.5 Å². The summed E-state index contributed by atoms with van der Waals surface area (Å²) in [5, 5.41) is 6.56. The van der Waals surface area contributed by atoms with E-state index in [4.69, 9.17) is 11.6 Å². The Balaban J connectivity index is 2.47. The number of alkyl halides is 3. The minimum atomic E-state index is -4.32. The van der Waals surface area contributed by atoms with Crippen molar-refractivity contribution in [2.24, 2.45) is 0 Å². The van der Waals surface area contributed by atoms with Gasteiger partial charge in [0.15, 0.2) is 5.65 Å². The molecule has 2 heterocycles.